The lowest BCUT2D eigenvalue weighted by Gasteiger charge is -2.24. The molecular weight excluding hydrogens is 289 g/mol. The maximum Gasteiger partial charge on any atom is 0.414 e. The number of rotatable bonds is 6. The van der Waals surface area contributed by atoms with Crippen LogP contribution in [0.2, 0.25) is 0 Å². The van der Waals surface area contributed by atoms with Gasteiger partial charge in [-0.25, -0.2) is 0 Å². The Balaban J connectivity index is 1.80. The van der Waals surface area contributed by atoms with E-state index < -0.39 is 12.3 Å². The molecule has 122 valence electrons. The molecule has 0 aliphatic carbocycles. The third kappa shape index (κ3) is 5.16. The van der Waals surface area contributed by atoms with E-state index in [1.807, 2.05) is 0 Å². The zero-order chi connectivity index (χ0) is 16.0. The number of unbranched alkanes of at least 4 members (excludes halogenated alkanes) is 1. The van der Waals surface area contributed by atoms with Crippen molar-refractivity contribution in [1.82, 2.24) is 0 Å². The molecule has 1 heterocycles. The second-order valence-corrected chi connectivity index (χ2v) is 5.86. The summed E-state index contributed by atoms with van der Waals surface area (Å²) in [5, 5.41) is 0. The molecule has 1 aliphatic heterocycles. The minimum absolute atomic E-state index is 0.0607. The fourth-order valence-electron chi connectivity index (χ4n) is 2.57. The molecular formula is C18H23F3O. The van der Waals surface area contributed by atoms with E-state index in [-0.39, 0.29) is 13.0 Å². The van der Waals surface area contributed by atoms with E-state index in [2.05, 4.69) is 31.2 Å². The van der Waals surface area contributed by atoms with Gasteiger partial charge in [0.25, 0.3) is 0 Å². The Labute approximate surface area is 130 Å². The van der Waals surface area contributed by atoms with Gasteiger partial charge in [-0.1, -0.05) is 43.7 Å². The normalized spacial score (nSPS) is 19.1. The number of alkyl halides is 3. The van der Waals surface area contributed by atoms with Crippen LogP contribution in [-0.2, 0) is 17.6 Å². The Morgan fingerprint density at radius 1 is 1.05 bits per heavy atom. The van der Waals surface area contributed by atoms with Crippen molar-refractivity contribution in [3.63, 3.8) is 0 Å². The molecule has 0 saturated heterocycles. The van der Waals surface area contributed by atoms with Gasteiger partial charge in [-0.15, -0.1) is 0 Å². The van der Waals surface area contributed by atoms with E-state index in [1.54, 1.807) is 6.08 Å². The van der Waals surface area contributed by atoms with Crippen LogP contribution in [0.4, 0.5) is 13.2 Å². The summed E-state index contributed by atoms with van der Waals surface area (Å²) in [7, 11) is 0. The van der Waals surface area contributed by atoms with E-state index in [0.29, 0.717) is 0 Å². The summed E-state index contributed by atoms with van der Waals surface area (Å²) >= 11 is 0. The van der Waals surface area contributed by atoms with Crippen molar-refractivity contribution >= 4 is 0 Å². The lowest BCUT2D eigenvalue weighted by atomic mass is 10.00. The highest BCUT2D eigenvalue weighted by atomic mass is 19.4. The Hall–Kier alpha value is -1.29. The van der Waals surface area contributed by atoms with Crippen molar-refractivity contribution in [3.05, 3.63) is 47.0 Å². The first-order valence-electron chi connectivity index (χ1n) is 7.93. The number of hydrogen-bond donors (Lipinski definition) is 0. The summed E-state index contributed by atoms with van der Waals surface area (Å²) in [5.41, 5.74) is 3.54. The second-order valence-electron chi connectivity index (χ2n) is 5.86. The molecule has 1 aromatic carbocycles. The fourth-order valence-corrected chi connectivity index (χ4v) is 2.57. The minimum atomic E-state index is -4.25. The van der Waals surface area contributed by atoms with E-state index in [0.717, 1.165) is 24.8 Å². The molecule has 4 heteroatoms. The van der Waals surface area contributed by atoms with Crippen molar-refractivity contribution in [2.24, 2.45) is 0 Å². The molecule has 1 aromatic rings. The highest BCUT2D eigenvalue weighted by Crippen LogP contribution is 2.29. The Kier molecular flexibility index (Phi) is 6.07. The Morgan fingerprint density at radius 3 is 2.18 bits per heavy atom. The van der Waals surface area contributed by atoms with E-state index in [1.165, 1.54) is 24.0 Å². The van der Waals surface area contributed by atoms with Gasteiger partial charge in [0.2, 0.25) is 0 Å². The van der Waals surface area contributed by atoms with Gasteiger partial charge in [0, 0.05) is 6.42 Å². The standard InChI is InChI=1S/C18H23F3O/c1-2-3-4-14-5-7-15(8-6-14)9-10-16-11-12-17(22-13-16)18(19,20)21/h5-8,11,17H,2-4,9-10,12-13H2,1H3. The zero-order valence-electron chi connectivity index (χ0n) is 13.0. The van der Waals surface area contributed by atoms with Crippen LogP contribution in [-0.4, -0.2) is 18.9 Å². The summed E-state index contributed by atoms with van der Waals surface area (Å²) in [6.45, 7) is 2.27. The highest BCUT2D eigenvalue weighted by Gasteiger charge is 2.41. The third-order valence-corrected chi connectivity index (χ3v) is 4.03. The van der Waals surface area contributed by atoms with E-state index >= 15 is 0 Å². The van der Waals surface area contributed by atoms with Crippen molar-refractivity contribution in [2.75, 3.05) is 6.61 Å². The molecule has 0 radical (unpaired) electrons. The van der Waals surface area contributed by atoms with Gasteiger partial charge in [0.05, 0.1) is 6.61 Å². The van der Waals surface area contributed by atoms with Crippen molar-refractivity contribution in [2.45, 2.75) is 57.7 Å². The molecule has 0 aromatic heterocycles. The molecule has 2 rings (SSSR count). The number of halogens is 3. The summed E-state index contributed by atoms with van der Waals surface area (Å²) in [6, 6.07) is 8.54. The minimum Gasteiger partial charge on any atom is -0.364 e. The largest absolute Gasteiger partial charge is 0.414 e. The van der Waals surface area contributed by atoms with Crippen LogP contribution in [0, 0.1) is 0 Å². The lowest BCUT2D eigenvalue weighted by Crippen LogP contribution is -2.34. The molecule has 1 nitrogen and oxygen atoms in total. The summed E-state index contributed by atoms with van der Waals surface area (Å²) in [5.74, 6) is 0. The summed E-state index contributed by atoms with van der Waals surface area (Å²) < 4.78 is 42.4. The lowest BCUT2D eigenvalue weighted by molar-refractivity contribution is -0.219. The summed E-state index contributed by atoms with van der Waals surface area (Å²) in [4.78, 5) is 0. The summed E-state index contributed by atoms with van der Waals surface area (Å²) in [6.07, 6.45) is 0.850. The maximum absolute atomic E-state index is 12.5. The second kappa shape index (κ2) is 7.82. The first-order chi connectivity index (χ1) is 10.5. The predicted molar refractivity (Wildman–Crippen MR) is 81.9 cm³/mol. The van der Waals surface area contributed by atoms with Crippen LogP contribution in [0.5, 0.6) is 0 Å². The number of hydrogen-bond acceptors (Lipinski definition) is 1. The average Bonchev–Trinajstić information content (AvgIpc) is 2.51. The first kappa shape index (κ1) is 17.1. The number of benzene rings is 1. The smallest absolute Gasteiger partial charge is 0.364 e. The molecule has 22 heavy (non-hydrogen) atoms. The van der Waals surface area contributed by atoms with Crippen LogP contribution in [0.15, 0.2) is 35.9 Å². The third-order valence-electron chi connectivity index (χ3n) is 4.03. The SMILES string of the molecule is CCCCc1ccc(CCC2=CCC(C(F)(F)F)OC2)cc1. The average molecular weight is 312 g/mol. The van der Waals surface area contributed by atoms with Crippen LogP contribution < -0.4 is 0 Å². The topological polar surface area (TPSA) is 9.23 Å². The van der Waals surface area contributed by atoms with Gasteiger partial charge in [-0.2, -0.15) is 13.2 Å². The van der Waals surface area contributed by atoms with E-state index in [9.17, 15) is 13.2 Å². The fraction of sp³-hybridized carbons (Fsp3) is 0.556. The van der Waals surface area contributed by atoms with Gasteiger partial charge >= 0.3 is 6.18 Å². The molecule has 1 aliphatic rings. The predicted octanol–water partition coefficient (Wildman–Crippen LogP) is 5.24. The van der Waals surface area contributed by atoms with Gasteiger partial charge < -0.3 is 4.74 Å². The molecule has 1 atom stereocenters. The zero-order valence-corrected chi connectivity index (χ0v) is 13.0. The monoisotopic (exact) mass is 312 g/mol. The quantitative estimate of drug-likeness (QED) is 0.653. The molecule has 0 saturated carbocycles. The maximum atomic E-state index is 12.5. The van der Waals surface area contributed by atoms with Crippen LogP contribution in [0.3, 0.4) is 0 Å². The Bertz CT molecular complexity index is 488. The van der Waals surface area contributed by atoms with Gasteiger partial charge in [0.1, 0.15) is 0 Å². The molecule has 1 unspecified atom stereocenters. The van der Waals surface area contributed by atoms with Crippen LogP contribution in [0.25, 0.3) is 0 Å². The first-order valence-corrected chi connectivity index (χ1v) is 7.93. The van der Waals surface area contributed by atoms with Gasteiger partial charge in [-0.05, 0) is 42.4 Å². The highest BCUT2D eigenvalue weighted by molar-refractivity contribution is 5.24. The van der Waals surface area contributed by atoms with Crippen LogP contribution in [0.1, 0.15) is 43.7 Å². The van der Waals surface area contributed by atoms with Crippen molar-refractivity contribution < 1.29 is 17.9 Å². The molecule has 0 fully saturated rings. The number of ether oxygens (including phenoxy) is 1. The molecule has 0 bridgehead atoms. The van der Waals surface area contributed by atoms with Crippen LogP contribution >= 0.6 is 0 Å². The molecule has 0 spiro atoms. The van der Waals surface area contributed by atoms with Crippen molar-refractivity contribution in [1.29, 1.82) is 0 Å². The van der Waals surface area contributed by atoms with Gasteiger partial charge in [-0.3, -0.25) is 0 Å². The van der Waals surface area contributed by atoms with Gasteiger partial charge in [0.15, 0.2) is 6.10 Å². The molecule has 0 amide bonds. The van der Waals surface area contributed by atoms with E-state index in [4.69, 9.17) is 4.74 Å². The molecule has 0 N–H and O–H groups in total. The Morgan fingerprint density at radius 2 is 1.68 bits per heavy atom. The van der Waals surface area contributed by atoms with Crippen molar-refractivity contribution in [3.8, 4) is 0 Å². The number of aryl methyl sites for hydroxylation is 2.